The Balaban J connectivity index is 2.01. The Morgan fingerprint density at radius 3 is 2.92 bits per heavy atom. The van der Waals surface area contributed by atoms with E-state index in [9.17, 15) is 4.79 Å². The summed E-state index contributed by atoms with van der Waals surface area (Å²) in [5.41, 5.74) is 1.64. The molecule has 0 atom stereocenters. The van der Waals surface area contributed by atoms with Gasteiger partial charge in [-0.05, 0) is 35.9 Å². The van der Waals surface area contributed by atoms with Crippen LogP contribution in [0.5, 0.6) is 5.75 Å². The highest BCUT2D eigenvalue weighted by Crippen LogP contribution is 2.27. The molecule has 0 spiro atoms. The number of carbonyl (C=O) groups is 1. The van der Waals surface area contributed by atoms with E-state index in [2.05, 4.69) is 11.4 Å². The first-order chi connectivity index (χ1) is 11.7. The van der Waals surface area contributed by atoms with Crippen LogP contribution in [0.2, 0.25) is 0 Å². The summed E-state index contributed by atoms with van der Waals surface area (Å²) in [5.74, 6) is 1.24. The van der Waals surface area contributed by atoms with Gasteiger partial charge in [0.1, 0.15) is 5.75 Å². The minimum absolute atomic E-state index is 0.203. The molecule has 0 fully saturated rings. The molecule has 1 amide bonds. The third-order valence-electron chi connectivity index (χ3n) is 3.14. The second kappa shape index (κ2) is 9.43. The van der Waals surface area contributed by atoms with Gasteiger partial charge in [-0.2, -0.15) is 5.26 Å². The number of nitrogens with zero attached hydrogens (tertiary/aromatic N) is 1. The van der Waals surface area contributed by atoms with E-state index < -0.39 is 0 Å². The molecule has 0 aliphatic rings. The van der Waals surface area contributed by atoms with E-state index in [4.69, 9.17) is 10.00 Å². The minimum Gasteiger partial charge on any atom is -0.497 e. The quantitative estimate of drug-likeness (QED) is 0.463. The molecule has 0 bridgehead atoms. The Hall–Kier alpha value is -2.71. The summed E-state index contributed by atoms with van der Waals surface area (Å²) in [4.78, 5) is 13.1. The summed E-state index contributed by atoms with van der Waals surface area (Å²) < 4.78 is 5.16. The molecule has 122 valence electrons. The second-order valence-corrected chi connectivity index (χ2v) is 5.99. The van der Waals surface area contributed by atoms with Crippen molar-refractivity contribution in [1.82, 2.24) is 0 Å². The molecule has 4 nitrogen and oxygen atoms in total. The fourth-order valence-electron chi connectivity index (χ4n) is 1.99. The first kappa shape index (κ1) is 17.6. The second-order valence-electron chi connectivity index (χ2n) is 4.85. The van der Waals surface area contributed by atoms with Gasteiger partial charge in [0.15, 0.2) is 0 Å². The number of nitriles is 1. The van der Waals surface area contributed by atoms with Crippen LogP contribution >= 0.6 is 11.8 Å². The molecule has 0 aromatic heterocycles. The Morgan fingerprint density at radius 1 is 1.29 bits per heavy atom. The molecule has 2 aromatic rings. The molecule has 2 rings (SSSR count). The number of amides is 1. The standard InChI is InChI=1S/C19H18N2O2S/c1-23-16-7-4-6-15(14-16)10-11-19(22)21-17-8-2-3-9-18(17)24-13-5-12-20/h2-4,6-11,14H,5,13H2,1H3,(H,21,22). The zero-order valence-corrected chi connectivity index (χ0v) is 14.2. The largest absolute Gasteiger partial charge is 0.497 e. The number of benzene rings is 2. The maximum Gasteiger partial charge on any atom is 0.248 e. The molecule has 0 aliphatic heterocycles. The third kappa shape index (κ3) is 5.49. The Bertz CT molecular complexity index is 766. The van der Waals surface area contributed by atoms with Gasteiger partial charge >= 0.3 is 0 Å². The predicted molar refractivity (Wildman–Crippen MR) is 98.1 cm³/mol. The van der Waals surface area contributed by atoms with Crippen molar-refractivity contribution in [3.63, 3.8) is 0 Å². The zero-order chi connectivity index (χ0) is 17.2. The SMILES string of the molecule is COc1cccc(C=CC(=O)Nc2ccccc2SCCC#N)c1. The van der Waals surface area contributed by atoms with Crippen molar-refractivity contribution in [1.29, 1.82) is 5.26 Å². The highest BCUT2D eigenvalue weighted by molar-refractivity contribution is 7.99. The molecule has 0 aliphatic carbocycles. The van der Waals surface area contributed by atoms with Crippen LogP contribution in [-0.4, -0.2) is 18.8 Å². The molecule has 5 heteroatoms. The van der Waals surface area contributed by atoms with Crippen molar-refractivity contribution in [2.45, 2.75) is 11.3 Å². The number of anilines is 1. The van der Waals surface area contributed by atoms with Gasteiger partial charge in [-0.3, -0.25) is 4.79 Å². The zero-order valence-electron chi connectivity index (χ0n) is 13.4. The van der Waals surface area contributed by atoms with Crippen molar-refractivity contribution in [2.24, 2.45) is 0 Å². The average molecular weight is 338 g/mol. The fraction of sp³-hybridized carbons (Fsp3) is 0.158. The third-order valence-corrected chi connectivity index (χ3v) is 4.21. The van der Waals surface area contributed by atoms with Gasteiger partial charge < -0.3 is 10.1 Å². The van der Waals surface area contributed by atoms with Crippen molar-refractivity contribution >= 4 is 29.4 Å². The first-order valence-electron chi connectivity index (χ1n) is 7.45. The number of para-hydroxylation sites is 1. The Kier molecular flexibility index (Phi) is 6.93. The van der Waals surface area contributed by atoms with Gasteiger partial charge in [-0.15, -0.1) is 11.8 Å². The summed E-state index contributed by atoms with van der Waals surface area (Å²) in [6.07, 6.45) is 3.71. The number of rotatable bonds is 7. The summed E-state index contributed by atoms with van der Waals surface area (Å²) in [5, 5.41) is 11.5. The Labute approximate surface area is 146 Å². The maximum atomic E-state index is 12.1. The molecule has 0 heterocycles. The van der Waals surface area contributed by atoms with E-state index in [1.807, 2.05) is 48.5 Å². The van der Waals surface area contributed by atoms with Crippen LogP contribution in [-0.2, 0) is 4.79 Å². The molecule has 24 heavy (non-hydrogen) atoms. The van der Waals surface area contributed by atoms with Crippen molar-refractivity contribution in [3.8, 4) is 11.8 Å². The molecule has 0 unspecified atom stereocenters. The minimum atomic E-state index is -0.203. The molecule has 2 aromatic carbocycles. The number of thioether (sulfide) groups is 1. The molecule has 0 saturated heterocycles. The van der Waals surface area contributed by atoms with E-state index in [-0.39, 0.29) is 5.91 Å². The maximum absolute atomic E-state index is 12.1. The molecule has 1 N–H and O–H groups in total. The lowest BCUT2D eigenvalue weighted by Gasteiger charge is -2.08. The van der Waals surface area contributed by atoms with E-state index in [1.165, 1.54) is 6.08 Å². The monoisotopic (exact) mass is 338 g/mol. The first-order valence-corrected chi connectivity index (χ1v) is 8.43. The normalized spacial score (nSPS) is 10.3. The Morgan fingerprint density at radius 2 is 2.12 bits per heavy atom. The molecular weight excluding hydrogens is 320 g/mol. The summed E-state index contributed by atoms with van der Waals surface area (Å²) in [6.45, 7) is 0. The van der Waals surface area contributed by atoms with E-state index in [0.29, 0.717) is 12.2 Å². The van der Waals surface area contributed by atoms with Crippen LogP contribution in [0.3, 0.4) is 0 Å². The summed E-state index contributed by atoms with van der Waals surface area (Å²) in [6, 6.07) is 17.2. The smallest absolute Gasteiger partial charge is 0.248 e. The molecule has 0 radical (unpaired) electrons. The van der Waals surface area contributed by atoms with Gasteiger partial charge in [0, 0.05) is 23.1 Å². The number of ether oxygens (including phenoxy) is 1. The van der Waals surface area contributed by atoms with E-state index >= 15 is 0 Å². The number of methoxy groups -OCH3 is 1. The van der Waals surface area contributed by atoms with Gasteiger partial charge in [-0.25, -0.2) is 0 Å². The summed E-state index contributed by atoms with van der Waals surface area (Å²) >= 11 is 1.56. The fourth-order valence-corrected chi connectivity index (χ4v) is 2.86. The van der Waals surface area contributed by atoms with Gasteiger partial charge in [0.2, 0.25) is 5.91 Å². The van der Waals surface area contributed by atoms with Crippen LogP contribution in [0.15, 0.2) is 59.5 Å². The number of hydrogen-bond donors (Lipinski definition) is 1. The van der Waals surface area contributed by atoms with Gasteiger partial charge in [-0.1, -0.05) is 24.3 Å². The average Bonchev–Trinajstić information content (AvgIpc) is 2.62. The highest BCUT2D eigenvalue weighted by atomic mass is 32.2. The topological polar surface area (TPSA) is 62.1 Å². The predicted octanol–water partition coefficient (Wildman–Crippen LogP) is 4.35. The van der Waals surface area contributed by atoms with Crippen LogP contribution in [0.1, 0.15) is 12.0 Å². The highest BCUT2D eigenvalue weighted by Gasteiger charge is 2.05. The lowest BCUT2D eigenvalue weighted by molar-refractivity contribution is -0.111. The summed E-state index contributed by atoms with van der Waals surface area (Å²) in [7, 11) is 1.61. The number of carbonyl (C=O) groups excluding carboxylic acids is 1. The van der Waals surface area contributed by atoms with Crippen LogP contribution in [0, 0.1) is 11.3 Å². The van der Waals surface area contributed by atoms with E-state index in [1.54, 1.807) is 24.9 Å². The van der Waals surface area contributed by atoms with E-state index in [0.717, 1.165) is 21.9 Å². The lowest BCUT2D eigenvalue weighted by atomic mass is 10.2. The molecular formula is C19H18N2O2S. The van der Waals surface area contributed by atoms with Gasteiger partial charge in [0.05, 0.1) is 18.9 Å². The molecule has 0 saturated carbocycles. The lowest BCUT2D eigenvalue weighted by Crippen LogP contribution is -2.08. The van der Waals surface area contributed by atoms with Gasteiger partial charge in [0.25, 0.3) is 0 Å². The van der Waals surface area contributed by atoms with Crippen LogP contribution in [0.25, 0.3) is 6.08 Å². The van der Waals surface area contributed by atoms with Crippen molar-refractivity contribution < 1.29 is 9.53 Å². The van der Waals surface area contributed by atoms with Crippen LogP contribution in [0.4, 0.5) is 5.69 Å². The van der Waals surface area contributed by atoms with Crippen molar-refractivity contribution in [2.75, 3.05) is 18.2 Å². The number of hydrogen-bond acceptors (Lipinski definition) is 4. The van der Waals surface area contributed by atoms with Crippen molar-refractivity contribution in [3.05, 3.63) is 60.2 Å². The van der Waals surface area contributed by atoms with Crippen LogP contribution < -0.4 is 10.1 Å². The number of nitrogens with one attached hydrogen (secondary N) is 1.